The molecule has 0 bridgehead atoms. The predicted octanol–water partition coefficient (Wildman–Crippen LogP) is 5.23. The molecule has 0 saturated carbocycles. The van der Waals surface area contributed by atoms with Gasteiger partial charge in [-0.2, -0.15) is 5.26 Å². The first kappa shape index (κ1) is 26.3. The number of pyridine rings is 3. The van der Waals surface area contributed by atoms with Crippen molar-refractivity contribution in [2.24, 2.45) is 7.05 Å². The van der Waals surface area contributed by atoms with Crippen LogP contribution in [0.25, 0.3) is 15.9 Å². The van der Waals surface area contributed by atoms with Crippen molar-refractivity contribution in [1.82, 2.24) is 19.4 Å². The summed E-state index contributed by atoms with van der Waals surface area (Å²) in [5.74, 6) is -0.223. The van der Waals surface area contributed by atoms with Crippen LogP contribution in [0.2, 0.25) is 5.02 Å². The van der Waals surface area contributed by atoms with Crippen molar-refractivity contribution in [1.29, 1.82) is 5.26 Å². The van der Waals surface area contributed by atoms with Crippen LogP contribution in [-0.2, 0) is 7.05 Å². The molecule has 3 atom stereocenters. The topological polar surface area (TPSA) is 82.4 Å². The van der Waals surface area contributed by atoms with Crippen LogP contribution < -0.4 is 10.5 Å². The Morgan fingerprint density at radius 1 is 1.15 bits per heavy atom. The second kappa shape index (κ2) is 10.5. The zero-order valence-corrected chi connectivity index (χ0v) is 22.4. The summed E-state index contributed by atoms with van der Waals surface area (Å²) < 4.78 is 16.5. The van der Waals surface area contributed by atoms with Crippen LogP contribution in [0.5, 0.6) is 0 Å². The number of hydrogen-bond acceptors (Lipinski definition) is 6. The summed E-state index contributed by atoms with van der Waals surface area (Å²) in [5, 5.41) is 10.6. The van der Waals surface area contributed by atoms with Gasteiger partial charge in [0.15, 0.2) is 0 Å². The van der Waals surface area contributed by atoms with Gasteiger partial charge in [-0.25, -0.2) is 4.39 Å². The van der Waals surface area contributed by atoms with E-state index in [4.69, 9.17) is 18.2 Å². The molecule has 1 saturated heterocycles. The van der Waals surface area contributed by atoms with Gasteiger partial charge in [0.05, 0.1) is 17.3 Å². The minimum Gasteiger partial charge on any atom is -0.361 e. The summed E-state index contributed by atoms with van der Waals surface area (Å²) in [5.41, 5.74) is 2.12. The Morgan fingerprint density at radius 2 is 1.90 bits per heavy atom. The van der Waals surface area contributed by atoms with Gasteiger partial charge in [0.25, 0.3) is 11.4 Å². The van der Waals surface area contributed by atoms with E-state index < -0.39 is 17.4 Å². The van der Waals surface area contributed by atoms with Crippen LogP contribution in [0.15, 0.2) is 59.5 Å². The third kappa shape index (κ3) is 4.61. The molecule has 3 aromatic heterocycles. The van der Waals surface area contributed by atoms with Gasteiger partial charge in [-0.05, 0) is 55.8 Å². The fourth-order valence-corrected chi connectivity index (χ4v) is 5.53. The maximum absolute atomic E-state index is 15.1. The van der Waals surface area contributed by atoms with Gasteiger partial charge in [-0.1, -0.05) is 30.3 Å². The zero-order chi connectivity index (χ0) is 27.8. The van der Waals surface area contributed by atoms with E-state index in [2.05, 4.69) is 25.8 Å². The number of fused-ring (bicyclic) bond motifs is 1. The summed E-state index contributed by atoms with van der Waals surface area (Å²) in [7, 11) is 1.59. The van der Waals surface area contributed by atoms with Gasteiger partial charge < -0.3 is 14.3 Å². The molecule has 1 fully saturated rings. The van der Waals surface area contributed by atoms with E-state index in [1.165, 1.54) is 10.6 Å². The number of rotatable bonds is 4. The monoisotopic (exact) mass is 541 g/mol. The highest BCUT2D eigenvalue weighted by molar-refractivity contribution is 6.30. The van der Waals surface area contributed by atoms with Crippen LogP contribution in [0, 0.1) is 23.7 Å². The molecule has 1 aliphatic heterocycles. The van der Waals surface area contributed by atoms with Gasteiger partial charge in [0, 0.05) is 43.4 Å². The number of anilines is 1. The second-order valence-electron chi connectivity index (χ2n) is 9.72. The van der Waals surface area contributed by atoms with Crippen molar-refractivity contribution in [2.75, 3.05) is 18.0 Å². The van der Waals surface area contributed by atoms with Gasteiger partial charge in [0.1, 0.15) is 23.1 Å². The molecule has 0 radical (unpaired) electrons. The number of benzene rings is 1. The number of nitrogens with zero attached hydrogens (tertiary/aromatic N) is 7. The molecule has 4 aromatic rings. The van der Waals surface area contributed by atoms with E-state index in [-0.39, 0.29) is 23.5 Å². The fraction of sp³-hybridized carbons (Fsp3) is 0.276. The molecule has 8 nitrogen and oxygen atoms in total. The number of halogens is 2. The molecular weight excluding hydrogens is 517 g/mol. The van der Waals surface area contributed by atoms with E-state index in [0.29, 0.717) is 40.5 Å². The van der Waals surface area contributed by atoms with E-state index in [1.54, 1.807) is 43.6 Å². The maximum Gasteiger partial charge on any atom is 0.271 e. The van der Waals surface area contributed by atoms with E-state index >= 15 is 4.39 Å². The molecule has 0 aliphatic carbocycles. The first-order valence-corrected chi connectivity index (χ1v) is 12.8. The summed E-state index contributed by atoms with van der Waals surface area (Å²) in [6, 6.07) is 14.8. The van der Waals surface area contributed by atoms with Crippen molar-refractivity contribution in [3.8, 4) is 6.07 Å². The average Bonchev–Trinajstić information content (AvgIpc) is 2.94. The van der Waals surface area contributed by atoms with Gasteiger partial charge in [-0.3, -0.25) is 14.7 Å². The molecule has 1 unspecified atom stereocenters. The summed E-state index contributed by atoms with van der Waals surface area (Å²) >= 11 is 6.15. The third-order valence-electron chi connectivity index (χ3n) is 7.31. The minimum atomic E-state index is -0.481. The zero-order valence-electron chi connectivity index (χ0n) is 21.6. The Labute approximate surface area is 230 Å². The second-order valence-corrected chi connectivity index (χ2v) is 10.2. The summed E-state index contributed by atoms with van der Waals surface area (Å²) in [6.45, 7) is 12.4. The first-order valence-electron chi connectivity index (χ1n) is 12.4. The molecule has 0 N–H and O–H groups in total. The molecule has 1 aliphatic rings. The normalized spacial score (nSPS) is 18.5. The van der Waals surface area contributed by atoms with Crippen LogP contribution in [0.1, 0.15) is 36.7 Å². The summed E-state index contributed by atoms with van der Waals surface area (Å²) in [6.07, 6.45) is 1.58. The molecule has 196 valence electrons. The molecule has 10 heteroatoms. The quantitative estimate of drug-likeness (QED) is 0.329. The highest BCUT2D eigenvalue weighted by Crippen LogP contribution is 2.37. The number of nitriles is 1. The van der Waals surface area contributed by atoms with Crippen molar-refractivity contribution < 1.29 is 4.39 Å². The van der Waals surface area contributed by atoms with E-state index in [9.17, 15) is 10.1 Å². The highest BCUT2D eigenvalue weighted by atomic mass is 35.5. The third-order valence-corrected chi connectivity index (χ3v) is 7.56. The fourth-order valence-electron chi connectivity index (χ4n) is 5.40. The van der Waals surface area contributed by atoms with Gasteiger partial charge >= 0.3 is 0 Å². The number of aromatic nitrogens is 3. The highest BCUT2D eigenvalue weighted by Gasteiger charge is 2.39. The van der Waals surface area contributed by atoms with Crippen LogP contribution in [0.4, 0.5) is 15.9 Å². The van der Waals surface area contributed by atoms with Gasteiger partial charge in [-0.15, -0.1) is 4.98 Å². The molecular formula is C29H25ClFN7O. The molecule has 39 heavy (non-hydrogen) atoms. The van der Waals surface area contributed by atoms with E-state index in [0.717, 1.165) is 5.56 Å². The van der Waals surface area contributed by atoms with Crippen molar-refractivity contribution in [2.45, 2.75) is 32.0 Å². The maximum atomic E-state index is 15.1. The van der Waals surface area contributed by atoms with Crippen LogP contribution >= 0.6 is 11.6 Å². The van der Waals surface area contributed by atoms with Gasteiger partial charge in [0.2, 0.25) is 5.52 Å². The lowest BCUT2D eigenvalue weighted by Crippen LogP contribution is -2.58. The first-order chi connectivity index (χ1) is 18.7. The Bertz CT molecular complexity index is 1710. The number of hydrogen-bond donors (Lipinski definition) is 0. The van der Waals surface area contributed by atoms with Crippen molar-refractivity contribution in [3.05, 3.63) is 104 Å². The molecule has 4 heterocycles. The number of piperazine rings is 1. The molecule has 0 amide bonds. The molecule has 1 aromatic carbocycles. The lowest BCUT2D eigenvalue weighted by Gasteiger charge is -2.48. The van der Waals surface area contributed by atoms with Crippen molar-refractivity contribution >= 4 is 34.1 Å². The average molecular weight is 542 g/mol. The van der Waals surface area contributed by atoms with Crippen molar-refractivity contribution in [3.63, 3.8) is 0 Å². The Hall–Kier alpha value is -4.31. The largest absolute Gasteiger partial charge is 0.361 e. The molecule has 0 spiro atoms. The Balaban J connectivity index is 1.62. The number of aryl methyl sites for hydroxylation is 1. The van der Waals surface area contributed by atoms with Crippen LogP contribution in [0.3, 0.4) is 0 Å². The Morgan fingerprint density at radius 3 is 2.56 bits per heavy atom. The van der Waals surface area contributed by atoms with E-state index in [1.807, 2.05) is 30.9 Å². The molecule has 5 rings (SSSR count). The lowest BCUT2D eigenvalue weighted by atomic mass is 9.95. The Kier molecular flexibility index (Phi) is 7.05. The van der Waals surface area contributed by atoms with Crippen LogP contribution in [-0.4, -0.2) is 44.6 Å². The predicted molar refractivity (Wildman–Crippen MR) is 148 cm³/mol. The standard InChI is InChI=1S/C29H25ClFN7O/c1-17-16-38(28-21(14-32)29(39)36(4)23-11-12-24(33-3)35-26(23)28)18(2)15-37(17)27(19-7-9-20(30)10-8-19)25-22(31)6-5-13-34-25/h5-13,17-18,27H,15-16H2,1-2,4H3/t17-,18+,27?/m1/s1. The summed E-state index contributed by atoms with van der Waals surface area (Å²) in [4.78, 5) is 29.8. The smallest absolute Gasteiger partial charge is 0.271 e. The minimum absolute atomic E-state index is 0.0165. The lowest BCUT2D eigenvalue weighted by molar-refractivity contribution is 0.125. The SMILES string of the molecule is [C-]#[N+]c1ccc2c(n1)c(N1C[C@@H](C)N(C(c3ccc(Cl)cc3)c3ncccc3F)C[C@@H]1C)c(C#N)c(=O)n2C.